The molecule has 4 bridgehead atoms. The van der Waals surface area contributed by atoms with Crippen LogP contribution in [0.5, 0.6) is 23.0 Å². The van der Waals surface area contributed by atoms with Crippen LogP contribution in [0.4, 0.5) is 23.3 Å². The number of amidine groups is 1. The number of hydrogen-bond donors (Lipinski definition) is 3. The molecule has 0 radical (unpaired) electrons. The monoisotopic (exact) mass is 973 g/mol. The number of anilines is 2. The highest BCUT2D eigenvalue weighted by Gasteiger charge is 2.37. The molecule has 0 spiro atoms. The number of nitrogens with zero attached hydrogens (tertiary/aromatic N) is 5. The molecule has 7 aromatic rings. The van der Waals surface area contributed by atoms with Gasteiger partial charge in [-0.3, -0.25) is 0 Å². The first-order chi connectivity index (χ1) is 34.3. The van der Waals surface area contributed by atoms with Crippen molar-refractivity contribution in [1.82, 2.24) is 19.7 Å². The summed E-state index contributed by atoms with van der Waals surface area (Å²) < 4.78 is 33.0. The van der Waals surface area contributed by atoms with Crippen molar-refractivity contribution in [2.45, 2.75) is 141 Å². The average Bonchev–Trinajstić information content (AvgIpc) is 4.05. The molecule has 3 aliphatic rings. The minimum absolute atomic E-state index is 0.0221. The van der Waals surface area contributed by atoms with Crippen LogP contribution < -0.4 is 40.6 Å². The Balaban J connectivity index is 1.39. The maximum Gasteiger partial charge on any atom is 0.164 e. The summed E-state index contributed by atoms with van der Waals surface area (Å²) in [7, 11) is 0. The van der Waals surface area contributed by atoms with Gasteiger partial charge in [0.05, 0.1) is 21.7 Å². The van der Waals surface area contributed by atoms with Gasteiger partial charge in [0.15, 0.2) is 16.8 Å². The Hall–Kier alpha value is -6.43. The molecular weight excluding hydrogens is 897 g/mol. The summed E-state index contributed by atoms with van der Waals surface area (Å²) in [6, 6.07) is 25.2. The zero-order valence-corrected chi connectivity index (χ0v) is 45.3. The van der Waals surface area contributed by atoms with Crippen molar-refractivity contribution in [2.75, 3.05) is 5.32 Å². The second kappa shape index (κ2) is 18.9. The largest absolute Gasteiger partial charge is 0.489 e. The molecule has 0 saturated carbocycles. The lowest BCUT2D eigenvalue weighted by Gasteiger charge is -2.27. The number of nitrogens with one attached hydrogen (secondary N) is 3. The van der Waals surface area contributed by atoms with Crippen molar-refractivity contribution >= 4 is 61.4 Å². The Kier molecular flexibility index (Phi) is 12.9. The Bertz CT molecular complexity index is 3320. The lowest BCUT2D eigenvalue weighted by atomic mass is 9.96. The van der Waals surface area contributed by atoms with E-state index in [0.717, 1.165) is 78.1 Å². The lowest BCUT2D eigenvalue weighted by Crippen LogP contribution is -2.34. The summed E-state index contributed by atoms with van der Waals surface area (Å²) in [4.78, 5) is 21.2. The van der Waals surface area contributed by atoms with Crippen LogP contribution in [0.25, 0.3) is 32.3 Å². The molecule has 1 atom stereocenters. The number of benzene rings is 4. The fourth-order valence-electron chi connectivity index (χ4n) is 11.9. The highest BCUT2D eigenvalue weighted by atomic mass is 16.5. The van der Waals surface area contributed by atoms with Crippen molar-refractivity contribution < 1.29 is 18.9 Å². The third-order valence-electron chi connectivity index (χ3n) is 14.9. The quantitative estimate of drug-likeness (QED) is 0.0886. The first-order valence-electron chi connectivity index (χ1n) is 26.7. The molecule has 6 heterocycles. The third-order valence-corrected chi connectivity index (χ3v) is 14.9. The summed E-state index contributed by atoms with van der Waals surface area (Å²) >= 11 is 0. The molecule has 3 N–H and O–H groups in total. The SMILES string of the molecule is CC(C)C(Oc1cccc2c1C1=Nc3c4cccc(OC(C(C)C)C(C)C)c4c4n3-n3c(c5cccc(OC(C(C)C)C(C)C)c5c3=NC2N1)=Nc1[nH]c(c2cccc(OC(C(C)C)C(C)C)c12)N4)C(C)C. The van der Waals surface area contributed by atoms with E-state index >= 15 is 0 Å². The Labute approximate surface area is 425 Å². The number of rotatable bonds is 16. The molecular formula is C60H76N8O4. The van der Waals surface area contributed by atoms with E-state index in [-0.39, 0.29) is 71.8 Å². The van der Waals surface area contributed by atoms with Gasteiger partial charge in [0.1, 0.15) is 76.9 Å². The van der Waals surface area contributed by atoms with Crippen LogP contribution in [-0.2, 0) is 0 Å². The topological polar surface area (TPSA) is 124 Å². The van der Waals surface area contributed by atoms with E-state index in [1.165, 1.54) is 0 Å². The van der Waals surface area contributed by atoms with Crippen molar-refractivity contribution in [1.29, 1.82) is 0 Å². The van der Waals surface area contributed by atoms with Crippen LogP contribution in [0.3, 0.4) is 0 Å². The number of H-pyrrole nitrogens is 1. The summed E-state index contributed by atoms with van der Waals surface area (Å²) in [5.41, 5.74) is 3.22. The van der Waals surface area contributed by atoms with Crippen LogP contribution in [0, 0.1) is 47.3 Å². The number of aromatic nitrogens is 3. The van der Waals surface area contributed by atoms with E-state index in [0.29, 0.717) is 28.4 Å². The van der Waals surface area contributed by atoms with Crippen LogP contribution >= 0.6 is 0 Å². The zero-order chi connectivity index (χ0) is 51.2. The second-order valence-electron chi connectivity index (χ2n) is 23.2. The zero-order valence-electron chi connectivity index (χ0n) is 45.3. The molecule has 3 aromatic heterocycles. The molecule has 72 heavy (non-hydrogen) atoms. The van der Waals surface area contributed by atoms with Crippen LogP contribution in [0.15, 0.2) is 87.8 Å². The lowest BCUT2D eigenvalue weighted by molar-refractivity contribution is 0.105. The van der Waals surface area contributed by atoms with Crippen molar-refractivity contribution in [3.63, 3.8) is 0 Å². The minimum atomic E-state index is -0.530. The van der Waals surface area contributed by atoms with Gasteiger partial charge in [-0.25, -0.2) is 24.3 Å². The van der Waals surface area contributed by atoms with Gasteiger partial charge in [-0.15, -0.1) is 0 Å². The highest BCUT2D eigenvalue weighted by Crippen LogP contribution is 2.48. The Morgan fingerprint density at radius 1 is 0.458 bits per heavy atom. The van der Waals surface area contributed by atoms with E-state index < -0.39 is 6.17 Å². The first-order valence-corrected chi connectivity index (χ1v) is 26.7. The molecule has 380 valence electrons. The van der Waals surface area contributed by atoms with E-state index in [1.807, 2.05) is 0 Å². The molecule has 0 amide bonds. The molecule has 4 aromatic carbocycles. The van der Waals surface area contributed by atoms with Gasteiger partial charge in [0, 0.05) is 21.7 Å². The second-order valence-corrected chi connectivity index (χ2v) is 23.2. The van der Waals surface area contributed by atoms with E-state index in [4.69, 9.17) is 33.9 Å². The molecule has 12 heteroatoms. The Morgan fingerprint density at radius 3 is 1.46 bits per heavy atom. The maximum absolute atomic E-state index is 7.25. The van der Waals surface area contributed by atoms with Crippen molar-refractivity contribution in [3.05, 3.63) is 94.9 Å². The van der Waals surface area contributed by atoms with Gasteiger partial charge in [0.25, 0.3) is 0 Å². The predicted molar refractivity (Wildman–Crippen MR) is 293 cm³/mol. The predicted octanol–water partition coefficient (Wildman–Crippen LogP) is 13.9. The summed E-state index contributed by atoms with van der Waals surface area (Å²) in [5.74, 6) is 8.72. The van der Waals surface area contributed by atoms with Crippen molar-refractivity contribution in [2.24, 2.45) is 62.3 Å². The average molecular weight is 973 g/mol. The van der Waals surface area contributed by atoms with E-state index in [1.54, 1.807) is 0 Å². The van der Waals surface area contributed by atoms with Gasteiger partial charge in [-0.05, 0) is 71.6 Å². The standard InChI is InChI=1S/C60H76N8O4/c1-29(2)49(30(3)4)69-41-25-17-21-37-45(41)55-61-53(37)63-59-48-40(24-20-28-44(48)72-52(35(13)14)36(15)16)58-66-56-46-38(22-18-26-42(46)70-50(31(5)6)32(7)8)54(62-56)64-60-47-39(57(65-55)67(60)68(58)59)23-19-27-43(47)71-51(33(9)10)34(11)12/h17-36,49-53,62,64H,1-16H3,(H,61,65). The number of aromatic amines is 1. The number of aliphatic imine (C=N–C) groups is 1. The minimum Gasteiger partial charge on any atom is -0.489 e. The highest BCUT2D eigenvalue weighted by molar-refractivity contribution is 6.13. The molecule has 10 rings (SSSR count). The van der Waals surface area contributed by atoms with E-state index in [9.17, 15) is 0 Å². The van der Waals surface area contributed by atoms with Crippen LogP contribution in [-0.4, -0.2) is 44.6 Å². The fraction of sp³-hybridized carbons (Fsp3) is 0.483. The summed E-state index contributed by atoms with van der Waals surface area (Å²) in [6.07, 6.45) is -0.714. The molecule has 12 nitrogen and oxygen atoms in total. The van der Waals surface area contributed by atoms with Gasteiger partial charge >= 0.3 is 0 Å². The normalized spacial score (nSPS) is 15.2. The smallest absolute Gasteiger partial charge is 0.164 e. The molecule has 0 aliphatic carbocycles. The first kappa shape index (κ1) is 49.2. The van der Waals surface area contributed by atoms with Crippen molar-refractivity contribution in [3.8, 4) is 23.0 Å². The maximum atomic E-state index is 7.25. The molecule has 0 saturated heterocycles. The molecule has 0 fully saturated rings. The van der Waals surface area contributed by atoms with Crippen LogP contribution in [0.2, 0.25) is 0 Å². The number of hydrogen-bond acceptors (Lipinski definition) is 9. The summed E-state index contributed by atoms with van der Waals surface area (Å²) in [5, 5.41) is 13.2. The third kappa shape index (κ3) is 8.26. The molecule has 1 unspecified atom stereocenters. The van der Waals surface area contributed by atoms with Gasteiger partial charge in [-0.1, -0.05) is 159 Å². The van der Waals surface area contributed by atoms with Gasteiger partial charge < -0.3 is 34.6 Å². The fourth-order valence-corrected chi connectivity index (χ4v) is 11.9. The van der Waals surface area contributed by atoms with Gasteiger partial charge in [-0.2, -0.15) is 0 Å². The number of ether oxygens (including phenoxy) is 4. The van der Waals surface area contributed by atoms with E-state index in [2.05, 4.69) is 209 Å². The molecule has 3 aliphatic heterocycles. The number of fused-ring (bicyclic) bond motifs is 16. The summed E-state index contributed by atoms with van der Waals surface area (Å²) in [6.45, 7) is 35.6. The van der Waals surface area contributed by atoms with Gasteiger partial charge in [0.2, 0.25) is 0 Å². The van der Waals surface area contributed by atoms with Crippen LogP contribution in [0.1, 0.15) is 128 Å². The Morgan fingerprint density at radius 2 is 0.917 bits per heavy atom.